The number of halogens is 3. The number of anilines is 1. The maximum absolute atomic E-state index is 14.1. The molecule has 0 bridgehead atoms. The quantitative estimate of drug-likeness (QED) is 0.803. The molecule has 3 rings (SSSR count). The molecular weight excluding hydrogens is 312 g/mol. The predicted molar refractivity (Wildman–Crippen MR) is 82.6 cm³/mol. The number of rotatable bonds is 2. The molecule has 2 nitrogen and oxygen atoms in total. The second-order valence-electron chi connectivity index (χ2n) is 5.14. The van der Waals surface area contributed by atoms with E-state index in [4.69, 9.17) is 23.2 Å². The highest BCUT2D eigenvalue weighted by Gasteiger charge is 2.24. The Morgan fingerprint density at radius 2 is 2.00 bits per heavy atom. The zero-order valence-corrected chi connectivity index (χ0v) is 12.7. The highest BCUT2D eigenvalue weighted by molar-refractivity contribution is 6.33. The van der Waals surface area contributed by atoms with Crippen LogP contribution in [0.5, 0.6) is 0 Å². The molecule has 1 heterocycles. The number of carbonyl (C=O) groups excluding carboxylic acids is 1. The molecule has 1 aliphatic heterocycles. The van der Waals surface area contributed by atoms with Crippen molar-refractivity contribution in [1.82, 2.24) is 0 Å². The highest BCUT2D eigenvalue weighted by Crippen LogP contribution is 2.39. The van der Waals surface area contributed by atoms with Crippen molar-refractivity contribution in [3.63, 3.8) is 0 Å². The normalized spacial score (nSPS) is 14.8. The summed E-state index contributed by atoms with van der Waals surface area (Å²) in [5.41, 5.74) is 3.34. The minimum absolute atomic E-state index is 0.0779. The van der Waals surface area contributed by atoms with E-state index in [1.165, 1.54) is 6.07 Å². The third-order valence-corrected chi connectivity index (χ3v) is 4.35. The van der Waals surface area contributed by atoms with Crippen molar-refractivity contribution >= 4 is 34.8 Å². The molecule has 5 heteroatoms. The van der Waals surface area contributed by atoms with Gasteiger partial charge in [-0.25, -0.2) is 4.39 Å². The summed E-state index contributed by atoms with van der Waals surface area (Å²) in [6.07, 6.45) is 0.291. The van der Waals surface area contributed by atoms with Crippen LogP contribution in [0.1, 0.15) is 27.6 Å². The summed E-state index contributed by atoms with van der Waals surface area (Å²) in [5.74, 6) is -0.438. The molecule has 0 fully saturated rings. The van der Waals surface area contributed by atoms with E-state index in [9.17, 15) is 9.18 Å². The number of carbonyl (C=O) groups is 1. The number of alkyl halides is 1. The molecule has 1 unspecified atom stereocenters. The number of amides is 1. The number of hydrogen-bond donors (Lipinski definition) is 1. The van der Waals surface area contributed by atoms with E-state index >= 15 is 0 Å². The van der Waals surface area contributed by atoms with Gasteiger partial charge in [-0.15, -0.1) is 11.6 Å². The largest absolute Gasteiger partial charge is 0.325 e. The van der Waals surface area contributed by atoms with Gasteiger partial charge in [-0.2, -0.15) is 0 Å². The van der Waals surface area contributed by atoms with Gasteiger partial charge in [0.15, 0.2) is 0 Å². The van der Waals surface area contributed by atoms with Crippen LogP contribution < -0.4 is 5.32 Å². The number of fused-ring (bicyclic) bond motifs is 1. The Kier molecular flexibility index (Phi) is 3.64. The molecule has 108 valence electrons. The summed E-state index contributed by atoms with van der Waals surface area (Å²) in [5, 5.41) is 2.44. The van der Waals surface area contributed by atoms with Gasteiger partial charge in [0.2, 0.25) is 5.91 Å². The maximum Gasteiger partial charge on any atom is 0.228 e. The maximum atomic E-state index is 14.1. The molecule has 0 saturated heterocycles. The van der Waals surface area contributed by atoms with Gasteiger partial charge in [0.05, 0.1) is 11.8 Å². The van der Waals surface area contributed by atoms with Crippen LogP contribution >= 0.6 is 23.2 Å². The van der Waals surface area contributed by atoms with Crippen LogP contribution in [-0.4, -0.2) is 5.91 Å². The lowest BCUT2D eigenvalue weighted by atomic mass is 9.99. The van der Waals surface area contributed by atoms with E-state index in [0.717, 1.165) is 11.1 Å². The fourth-order valence-corrected chi connectivity index (χ4v) is 3.15. The first-order valence-corrected chi connectivity index (χ1v) is 7.29. The summed E-state index contributed by atoms with van der Waals surface area (Å²) >= 11 is 12.6. The predicted octanol–water partition coefficient (Wildman–Crippen LogP) is 4.61. The van der Waals surface area contributed by atoms with Crippen molar-refractivity contribution in [2.45, 2.75) is 18.7 Å². The Morgan fingerprint density at radius 1 is 1.24 bits per heavy atom. The molecule has 2 aromatic rings. The Morgan fingerprint density at radius 3 is 2.71 bits per heavy atom. The Balaban J connectivity index is 2.04. The average molecular weight is 324 g/mol. The van der Waals surface area contributed by atoms with E-state index in [1.807, 2.05) is 6.92 Å². The lowest BCUT2D eigenvalue weighted by molar-refractivity contribution is -0.115. The zero-order chi connectivity index (χ0) is 15.1. The smallest absolute Gasteiger partial charge is 0.228 e. The van der Waals surface area contributed by atoms with Gasteiger partial charge in [0, 0.05) is 16.3 Å². The van der Waals surface area contributed by atoms with E-state index in [2.05, 4.69) is 5.32 Å². The second kappa shape index (κ2) is 5.32. The first-order valence-electron chi connectivity index (χ1n) is 6.48. The molecule has 1 N–H and O–H groups in total. The fourth-order valence-electron chi connectivity index (χ4n) is 2.47. The van der Waals surface area contributed by atoms with Gasteiger partial charge >= 0.3 is 0 Å². The summed E-state index contributed by atoms with van der Waals surface area (Å²) in [7, 11) is 0. The van der Waals surface area contributed by atoms with E-state index in [0.29, 0.717) is 28.3 Å². The van der Waals surface area contributed by atoms with Crippen molar-refractivity contribution in [3.8, 4) is 0 Å². The third-order valence-electron chi connectivity index (χ3n) is 3.55. The van der Waals surface area contributed by atoms with Gasteiger partial charge in [0.25, 0.3) is 0 Å². The van der Waals surface area contributed by atoms with E-state index in [-0.39, 0.29) is 11.7 Å². The molecule has 2 aromatic carbocycles. The Labute approximate surface area is 131 Å². The summed E-state index contributed by atoms with van der Waals surface area (Å²) in [6.45, 7) is 1.82. The Bertz CT molecular complexity index is 745. The Hall–Kier alpha value is -1.58. The second-order valence-corrected chi connectivity index (χ2v) is 5.99. The lowest BCUT2D eigenvalue weighted by Crippen LogP contribution is -2.03. The van der Waals surface area contributed by atoms with Gasteiger partial charge in [-0.3, -0.25) is 4.79 Å². The van der Waals surface area contributed by atoms with E-state index < -0.39 is 5.38 Å². The molecule has 1 atom stereocenters. The third kappa shape index (κ3) is 2.63. The molecule has 0 aromatic heterocycles. The van der Waals surface area contributed by atoms with Gasteiger partial charge in [-0.1, -0.05) is 23.7 Å². The van der Waals surface area contributed by atoms with Crippen LogP contribution in [-0.2, 0) is 11.2 Å². The lowest BCUT2D eigenvalue weighted by Gasteiger charge is -2.15. The minimum atomic E-state index is -0.695. The number of nitrogens with one attached hydrogen (secondary N) is 1. The SMILES string of the molecule is Cc1ccc(C(Cl)c2cc3c(cc2Cl)NC(=O)C3)c(F)c1. The topological polar surface area (TPSA) is 29.1 Å². The van der Waals surface area contributed by atoms with Crippen LogP contribution in [0.15, 0.2) is 30.3 Å². The monoisotopic (exact) mass is 323 g/mol. The summed E-state index contributed by atoms with van der Waals surface area (Å²) in [6, 6.07) is 8.34. The first kappa shape index (κ1) is 14.4. The summed E-state index contributed by atoms with van der Waals surface area (Å²) < 4.78 is 14.1. The van der Waals surface area contributed by atoms with Crippen LogP contribution in [0.3, 0.4) is 0 Å². The first-order chi connectivity index (χ1) is 9.95. The molecule has 0 spiro atoms. The standard InChI is InChI=1S/C16H12Cl2FNO/c1-8-2-3-10(13(19)4-8)16(18)11-5-9-6-15(21)20-14(9)7-12(11)17/h2-5,7,16H,6H2,1H3,(H,20,21). The van der Waals surface area contributed by atoms with Gasteiger partial charge in [-0.05, 0) is 41.8 Å². The molecule has 0 aliphatic carbocycles. The average Bonchev–Trinajstić information content (AvgIpc) is 2.76. The van der Waals surface area contributed by atoms with Crippen LogP contribution in [0.25, 0.3) is 0 Å². The van der Waals surface area contributed by atoms with Crippen molar-refractivity contribution < 1.29 is 9.18 Å². The molecule has 21 heavy (non-hydrogen) atoms. The fraction of sp³-hybridized carbons (Fsp3) is 0.188. The number of hydrogen-bond acceptors (Lipinski definition) is 1. The van der Waals surface area contributed by atoms with E-state index in [1.54, 1.807) is 24.3 Å². The molecule has 0 radical (unpaired) electrons. The number of benzene rings is 2. The van der Waals surface area contributed by atoms with Crippen molar-refractivity contribution in [2.75, 3.05) is 5.32 Å². The molecule has 1 aliphatic rings. The van der Waals surface area contributed by atoms with Crippen LogP contribution in [0.2, 0.25) is 5.02 Å². The number of aryl methyl sites for hydroxylation is 1. The zero-order valence-electron chi connectivity index (χ0n) is 11.2. The highest BCUT2D eigenvalue weighted by atomic mass is 35.5. The van der Waals surface area contributed by atoms with Crippen LogP contribution in [0.4, 0.5) is 10.1 Å². The van der Waals surface area contributed by atoms with Gasteiger partial charge < -0.3 is 5.32 Å². The van der Waals surface area contributed by atoms with Crippen molar-refractivity contribution in [2.24, 2.45) is 0 Å². The minimum Gasteiger partial charge on any atom is -0.325 e. The van der Waals surface area contributed by atoms with Crippen molar-refractivity contribution in [3.05, 3.63) is 63.4 Å². The summed E-state index contributed by atoms with van der Waals surface area (Å²) in [4.78, 5) is 11.4. The van der Waals surface area contributed by atoms with Crippen LogP contribution in [0, 0.1) is 12.7 Å². The molecular formula is C16H12Cl2FNO. The molecule has 0 saturated carbocycles. The van der Waals surface area contributed by atoms with Crippen molar-refractivity contribution in [1.29, 1.82) is 0 Å². The van der Waals surface area contributed by atoms with Gasteiger partial charge in [0.1, 0.15) is 5.82 Å². The molecule has 1 amide bonds.